The number of carbonyl (C=O) groups excluding carboxylic acids is 2. The summed E-state index contributed by atoms with van der Waals surface area (Å²) in [6.07, 6.45) is 0.574. The topological polar surface area (TPSA) is 60.9 Å². The van der Waals surface area contributed by atoms with Crippen LogP contribution in [-0.2, 0) is 11.3 Å². The molecule has 0 fully saturated rings. The smallest absolute Gasteiger partial charge is 0.258 e. The van der Waals surface area contributed by atoms with Gasteiger partial charge in [0.2, 0.25) is 5.91 Å². The van der Waals surface area contributed by atoms with Crippen LogP contribution in [0, 0.1) is 0 Å². The van der Waals surface area contributed by atoms with Crippen molar-refractivity contribution in [3.63, 3.8) is 0 Å². The molecule has 4 rings (SSSR count). The Bertz CT molecular complexity index is 1060. The summed E-state index contributed by atoms with van der Waals surface area (Å²) >= 11 is 0. The molecule has 5 nitrogen and oxygen atoms in total. The van der Waals surface area contributed by atoms with E-state index in [1.165, 1.54) is 12.1 Å². The molecule has 3 aromatic rings. The minimum Gasteiger partial charge on any atom is -0.508 e. The van der Waals surface area contributed by atoms with E-state index in [1.807, 2.05) is 66.4 Å². The minimum atomic E-state index is -0.274. The number of hydrogen-bond donors (Lipinski definition) is 1. The van der Waals surface area contributed by atoms with Crippen molar-refractivity contribution in [2.75, 3.05) is 18.0 Å². The van der Waals surface area contributed by atoms with Crippen LogP contribution < -0.4 is 4.90 Å². The average molecular weight is 415 g/mol. The van der Waals surface area contributed by atoms with Crippen LogP contribution >= 0.6 is 0 Å². The van der Waals surface area contributed by atoms with Crippen LogP contribution in [0.15, 0.2) is 78.9 Å². The zero-order valence-electron chi connectivity index (χ0n) is 17.6. The van der Waals surface area contributed by atoms with Gasteiger partial charge in [-0.3, -0.25) is 9.59 Å². The Kier molecular flexibility index (Phi) is 6.03. The Balaban J connectivity index is 1.60. The Morgan fingerprint density at radius 1 is 0.968 bits per heavy atom. The number of rotatable bonds is 5. The van der Waals surface area contributed by atoms with Gasteiger partial charge in [-0.15, -0.1) is 0 Å². The molecule has 0 spiro atoms. The highest BCUT2D eigenvalue weighted by Gasteiger charge is 2.34. The molecule has 2 amide bonds. The summed E-state index contributed by atoms with van der Waals surface area (Å²) in [7, 11) is 0. The number of carbonyl (C=O) groups is 2. The third-order valence-electron chi connectivity index (χ3n) is 5.81. The van der Waals surface area contributed by atoms with Gasteiger partial charge in [-0.25, -0.2) is 0 Å². The fourth-order valence-electron chi connectivity index (χ4n) is 4.16. The Labute approximate surface area is 182 Å². The van der Waals surface area contributed by atoms with Gasteiger partial charge in [0.05, 0.1) is 5.92 Å². The molecular formula is C26H26N2O3. The van der Waals surface area contributed by atoms with E-state index in [-0.39, 0.29) is 23.5 Å². The van der Waals surface area contributed by atoms with E-state index in [0.717, 1.165) is 16.8 Å². The zero-order chi connectivity index (χ0) is 21.8. The van der Waals surface area contributed by atoms with Crippen LogP contribution in [0.1, 0.15) is 40.7 Å². The van der Waals surface area contributed by atoms with E-state index in [0.29, 0.717) is 31.6 Å². The third kappa shape index (κ3) is 4.31. The van der Waals surface area contributed by atoms with E-state index in [4.69, 9.17) is 0 Å². The molecule has 0 aliphatic carbocycles. The SMILES string of the molecule is CCN(Cc1ccccc1)C(=O)[C@H]1CCN(C(=O)c2ccc(O)cc2)c2ccccc21. The van der Waals surface area contributed by atoms with Gasteiger partial charge in [0.25, 0.3) is 5.91 Å². The second kappa shape index (κ2) is 9.04. The number of anilines is 1. The molecule has 0 saturated carbocycles. The normalized spacial score (nSPS) is 15.3. The summed E-state index contributed by atoms with van der Waals surface area (Å²) < 4.78 is 0. The predicted molar refractivity (Wildman–Crippen MR) is 121 cm³/mol. The number of hydrogen-bond acceptors (Lipinski definition) is 3. The van der Waals surface area contributed by atoms with Crippen molar-refractivity contribution in [3.8, 4) is 5.75 Å². The quantitative estimate of drug-likeness (QED) is 0.665. The molecule has 0 unspecified atom stereocenters. The predicted octanol–water partition coefficient (Wildman–Crippen LogP) is 4.58. The number of para-hydroxylation sites is 1. The fraction of sp³-hybridized carbons (Fsp3) is 0.231. The lowest BCUT2D eigenvalue weighted by Gasteiger charge is -2.36. The number of benzene rings is 3. The molecule has 1 atom stereocenters. The van der Waals surface area contributed by atoms with Gasteiger partial charge in [-0.05, 0) is 54.8 Å². The number of phenols is 1. The van der Waals surface area contributed by atoms with E-state index in [2.05, 4.69) is 0 Å². The largest absolute Gasteiger partial charge is 0.508 e. The van der Waals surface area contributed by atoms with Crippen LogP contribution in [0.3, 0.4) is 0 Å². The summed E-state index contributed by atoms with van der Waals surface area (Å²) in [4.78, 5) is 30.2. The van der Waals surface area contributed by atoms with Gasteiger partial charge in [0.15, 0.2) is 0 Å². The van der Waals surface area contributed by atoms with E-state index in [1.54, 1.807) is 17.0 Å². The second-order valence-electron chi connectivity index (χ2n) is 7.74. The molecule has 0 radical (unpaired) electrons. The van der Waals surface area contributed by atoms with E-state index in [9.17, 15) is 14.7 Å². The Morgan fingerprint density at radius 2 is 1.65 bits per heavy atom. The maximum Gasteiger partial charge on any atom is 0.258 e. The Morgan fingerprint density at radius 3 is 2.35 bits per heavy atom. The van der Waals surface area contributed by atoms with Crippen LogP contribution in [-0.4, -0.2) is 34.9 Å². The molecule has 3 aromatic carbocycles. The highest BCUT2D eigenvalue weighted by Crippen LogP contribution is 2.37. The minimum absolute atomic E-state index is 0.0931. The average Bonchev–Trinajstić information content (AvgIpc) is 2.82. The van der Waals surface area contributed by atoms with Crippen molar-refractivity contribution in [3.05, 3.63) is 95.6 Å². The van der Waals surface area contributed by atoms with Crippen molar-refractivity contribution in [2.45, 2.75) is 25.8 Å². The van der Waals surface area contributed by atoms with Crippen molar-refractivity contribution >= 4 is 17.5 Å². The highest BCUT2D eigenvalue weighted by atomic mass is 16.3. The number of aromatic hydroxyl groups is 1. The maximum atomic E-state index is 13.5. The first-order valence-corrected chi connectivity index (χ1v) is 10.6. The lowest BCUT2D eigenvalue weighted by molar-refractivity contribution is -0.133. The van der Waals surface area contributed by atoms with Crippen molar-refractivity contribution < 1.29 is 14.7 Å². The monoisotopic (exact) mass is 414 g/mol. The number of likely N-dealkylation sites (N-methyl/N-ethyl adjacent to an activating group) is 1. The first kappa shape index (κ1) is 20.7. The Hall–Kier alpha value is -3.60. The number of nitrogens with zero attached hydrogens (tertiary/aromatic N) is 2. The lowest BCUT2D eigenvalue weighted by Crippen LogP contribution is -2.42. The summed E-state index contributed by atoms with van der Waals surface area (Å²) in [6.45, 7) is 3.67. The van der Waals surface area contributed by atoms with Crippen molar-refractivity contribution in [1.29, 1.82) is 0 Å². The summed E-state index contributed by atoms with van der Waals surface area (Å²) in [5.74, 6) is -0.187. The van der Waals surface area contributed by atoms with Crippen LogP contribution in [0.5, 0.6) is 5.75 Å². The highest BCUT2D eigenvalue weighted by molar-refractivity contribution is 6.07. The molecule has 31 heavy (non-hydrogen) atoms. The van der Waals surface area contributed by atoms with Crippen LogP contribution in [0.2, 0.25) is 0 Å². The van der Waals surface area contributed by atoms with Gasteiger partial charge in [0, 0.05) is 30.9 Å². The van der Waals surface area contributed by atoms with Gasteiger partial charge in [-0.1, -0.05) is 48.5 Å². The van der Waals surface area contributed by atoms with Crippen LogP contribution in [0.25, 0.3) is 0 Å². The number of amides is 2. The lowest BCUT2D eigenvalue weighted by atomic mass is 9.88. The fourth-order valence-corrected chi connectivity index (χ4v) is 4.16. The van der Waals surface area contributed by atoms with Gasteiger partial charge < -0.3 is 14.9 Å². The second-order valence-corrected chi connectivity index (χ2v) is 7.74. The first-order valence-electron chi connectivity index (χ1n) is 10.6. The molecule has 0 bridgehead atoms. The molecule has 1 heterocycles. The molecule has 1 aliphatic heterocycles. The van der Waals surface area contributed by atoms with Gasteiger partial charge in [0.1, 0.15) is 5.75 Å². The standard InChI is InChI=1S/C26H26N2O3/c1-2-27(18-19-8-4-3-5-9-19)26(31)23-16-17-28(24-11-7-6-10-22(23)24)25(30)20-12-14-21(29)15-13-20/h3-15,23,29H,2,16-18H2,1H3/t23-/m0/s1. The molecule has 1 aliphatic rings. The first-order chi connectivity index (χ1) is 15.1. The zero-order valence-corrected chi connectivity index (χ0v) is 17.6. The maximum absolute atomic E-state index is 13.5. The van der Waals surface area contributed by atoms with Gasteiger partial charge in [-0.2, -0.15) is 0 Å². The molecule has 158 valence electrons. The molecule has 5 heteroatoms. The van der Waals surface area contributed by atoms with Crippen LogP contribution in [0.4, 0.5) is 5.69 Å². The third-order valence-corrected chi connectivity index (χ3v) is 5.81. The number of phenolic OH excluding ortho intramolecular Hbond substituents is 1. The summed E-state index contributed by atoms with van der Waals surface area (Å²) in [6, 6.07) is 23.9. The van der Waals surface area contributed by atoms with E-state index < -0.39 is 0 Å². The van der Waals surface area contributed by atoms with Crippen molar-refractivity contribution in [2.24, 2.45) is 0 Å². The molecule has 1 N–H and O–H groups in total. The summed E-state index contributed by atoms with van der Waals surface area (Å²) in [5, 5.41) is 9.52. The van der Waals surface area contributed by atoms with Gasteiger partial charge >= 0.3 is 0 Å². The number of fused-ring (bicyclic) bond motifs is 1. The molecule has 0 saturated heterocycles. The van der Waals surface area contributed by atoms with Crippen molar-refractivity contribution in [1.82, 2.24) is 4.90 Å². The summed E-state index contributed by atoms with van der Waals surface area (Å²) in [5.41, 5.74) is 3.28. The molecule has 0 aromatic heterocycles. The molecular weight excluding hydrogens is 388 g/mol. The van der Waals surface area contributed by atoms with E-state index >= 15 is 0 Å².